The van der Waals surface area contributed by atoms with E-state index < -0.39 is 10.2 Å². The quantitative estimate of drug-likeness (QED) is 0.721. The molecule has 17 heavy (non-hydrogen) atoms. The van der Waals surface area contributed by atoms with Crippen LogP contribution in [0.2, 0.25) is 0 Å². The third-order valence-electron chi connectivity index (χ3n) is 3.78. The molecule has 0 radical (unpaired) electrons. The highest BCUT2D eigenvalue weighted by molar-refractivity contribution is 7.87. The first-order valence-corrected chi connectivity index (χ1v) is 8.00. The molecule has 1 aliphatic heterocycles. The van der Waals surface area contributed by atoms with Gasteiger partial charge in [-0.05, 0) is 37.6 Å². The average Bonchev–Trinajstić information content (AvgIpc) is 3.13. The Bertz CT molecular complexity index is 333. The maximum absolute atomic E-state index is 12.0. The summed E-state index contributed by atoms with van der Waals surface area (Å²) in [7, 11) is -3.24. The summed E-state index contributed by atoms with van der Waals surface area (Å²) in [4.78, 5) is 0. The summed E-state index contributed by atoms with van der Waals surface area (Å²) in [5.74, 6) is 1.26. The fraction of sp³-hybridized carbons (Fsp3) is 1.00. The minimum atomic E-state index is -3.24. The van der Waals surface area contributed by atoms with Crippen molar-refractivity contribution in [3.63, 3.8) is 0 Å². The Labute approximate surface area is 104 Å². The highest BCUT2D eigenvalue weighted by Crippen LogP contribution is 2.31. The number of nitrogens with one attached hydrogen (secondary N) is 1. The lowest BCUT2D eigenvalue weighted by Gasteiger charge is -2.30. The molecule has 2 fully saturated rings. The molecule has 0 aromatic rings. The second kappa shape index (κ2) is 5.65. The van der Waals surface area contributed by atoms with E-state index in [4.69, 9.17) is 5.73 Å². The number of hydrogen-bond donors (Lipinski definition) is 2. The Kier molecular flexibility index (Phi) is 4.41. The van der Waals surface area contributed by atoms with Crippen molar-refractivity contribution < 1.29 is 8.42 Å². The first kappa shape index (κ1) is 13.3. The lowest BCUT2D eigenvalue weighted by molar-refractivity contribution is 0.275. The molecular weight excluding hydrogens is 238 g/mol. The largest absolute Gasteiger partial charge is 0.330 e. The highest BCUT2D eigenvalue weighted by atomic mass is 32.2. The van der Waals surface area contributed by atoms with Gasteiger partial charge in [-0.2, -0.15) is 12.7 Å². The van der Waals surface area contributed by atoms with Crippen LogP contribution in [0, 0.1) is 11.8 Å². The molecule has 0 spiro atoms. The smallest absolute Gasteiger partial charge is 0.279 e. The fourth-order valence-electron chi connectivity index (χ4n) is 2.28. The molecule has 1 aliphatic carbocycles. The predicted octanol–water partition coefficient (Wildman–Crippen LogP) is 0.292. The Balaban J connectivity index is 1.74. The average molecular weight is 261 g/mol. The molecule has 5 nitrogen and oxygen atoms in total. The van der Waals surface area contributed by atoms with E-state index >= 15 is 0 Å². The number of nitrogens with zero attached hydrogens (tertiary/aromatic N) is 1. The van der Waals surface area contributed by atoms with Crippen LogP contribution in [0.4, 0.5) is 0 Å². The number of hydrogen-bond acceptors (Lipinski definition) is 3. The van der Waals surface area contributed by atoms with E-state index in [9.17, 15) is 8.42 Å². The monoisotopic (exact) mass is 261 g/mol. The van der Waals surface area contributed by atoms with Crippen molar-refractivity contribution in [1.82, 2.24) is 9.03 Å². The normalized spacial score (nSPS) is 24.1. The van der Waals surface area contributed by atoms with E-state index in [1.165, 1.54) is 12.8 Å². The lowest BCUT2D eigenvalue weighted by atomic mass is 9.99. The van der Waals surface area contributed by atoms with Crippen molar-refractivity contribution in [3.05, 3.63) is 0 Å². The fourth-order valence-corrected chi connectivity index (χ4v) is 3.53. The van der Waals surface area contributed by atoms with E-state index in [2.05, 4.69) is 4.72 Å². The van der Waals surface area contributed by atoms with Crippen molar-refractivity contribution in [2.75, 3.05) is 26.2 Å². The zero-order chi connectivity index (χ0) is 12.3. The summed E-state index contributed by atoms with van der Waals surface area (Å²) in [6, 6.07) is 0. The SMILES string of the molecule is NCC1CCN(S(=O)(=O)NCCC2CC2)CC1. The summed E-state index contributed by atoms with van der Waals surface area (Å²) in [5, 5.41) is 0. The van der Waals surface area contributed by atoms with Crippen molar-refractivity contribution in [1.29, 1.82) is 0 Å². The van der Waals surface area contributed by atoms with Gasteiger partial charge in [0.1, 0.15) is 0 Å². The number of nitrogens with two attached hydrogens (primary N) is 1. The molecule has 100 valence electrons. The van der Waals surface area contributed by atoms with Crippen LogP contribution in [0.15, 0.2) is 0 Å². The second-order valence-corrected chi connectivity index (χ2v) is 6.96. The van der Waals surface area contributed by atoms with E-state index in [1.807, 2.05) is 0 Å². The van der Waals surface area contributed by atoms with E-state index in [-0.39, 0.29) is 0 Å². The van der Waals surface area contributed by atoms with Crippen LogP contribution in [0.5, 0.6) is 0 Å². The Hall–Kier alpha value is -0.170. The van der Waals surface area contributed by atoms with Crippen LogP contribution < -0.4 is 10.5 Å². The van der Waals surface area contributed by atoms with Gasteiger partial charge < -0.3 is 5.73 Å². The number of piperidine rings is 1. The molecule has 6 heteroatoms. The maximum atomic E-state index is 12.0. The second-order valence-electron chi connectivity index (χ2n) is 5.21. The minimum absolute atomic E-state index is 0.493. The molecule has 3 N–H and O–H groups in total. The predicted molar refractivity (Wildman–Crippen MR) is 67.6 cm³/mol. The van der Waals surface area contributed by atoms with Crippen molar-refractivity contribution >= 4 is 10.2 Å². The molecule has 1 saturated heterocycles. The molecule has 2 aliphatic rings. The van der Waals surface area contributed by atoms with Crippen LogP contribution in [-0.2, 0) is 10.2 Å². The van der Waals surface area contributed by atoms with Crippen LogP contribution >= 0.6 is 0 Å². The van der Waals surface area contributed by atoms with Gasteiger partial charge in [-0.1, -0.05) is 12.8 Å². The standard InChI is InChI=1S/C11H23N3O2S/c12-9-11-4-7-14(8-5-11)17(15,16)13-6-3-10-1-2-10/h10-11,13H,1-9,12H2. The van der Waals surface area contributed by atoms with Gasteiger partial charge in [-0.15, -0.1) is 0 Å². The topological polar surface area (TPSA) is 75.4 Å². The first-order chi connectivity index (χ1) is 8.12. The van der Waals surface area contributed by atoms with E-state index in [0.717, 1.165) is 25.2 Å². The lowest BCUT2D eigenvalue weighted by Crippen LogP contribution is -2.46. The molecule has 1 saturated carbocycles. The van der Waals surface area contributed by atoms with Gasteiger partial charge in [0.05, 0.1) is 0 Å². The van der Waals surface area contributed by atoms with Gasteiger partial charge in [-0.25, -0.2) is 4.72 Å². The van der Waals surface area contributed by atoms with E-state index in [1.54, 1.807) is 4.31 Å². The molecule has 0 bridgehead atoms. The van der Waals surface area contributed by atoms with Crippen molar-refractivity contribution in [3.8, 4) is 0 Å². The summed E-state index contributed by atoms with van der Waals surface area (Å²) in [5.41, 5.74) is 5.59. The van der Waals surface area contributed by atoms with Crippen molar-refractivity contribution in [2.45, 2.75) is 32.1 Å². The Morgan fingerprint density at radius 2 is 1.76 bits per heavy atom. The Morgan fingerprint density at radius 3 is 2.29 bits per heavy atom. The molecule has 1 heterocycles. The molecule has 0 atom stereocenters. The molecule has 0 amide bonds. The molecule has 0 unspecified atom stereocenters. The summed E-state index contributed by atoms with van der Waals surface area (Å²) < 4.78 is 28.2. The summed E-state index contributed by atoms with van der Waals surface area (Å²) in [6.07, 6.45) is 5.30. The van der Waals surface area contributed by atoms with E-state index in [0.29, 0.717) is 32.1 Å². The van der Waals surface area contributed by atoms with Gasteiger partial charge >= 0.3 is 0 Å². The zero-order valence-corrected chi connectivity index (χ0v) is 11.1. The van der Waals surface area contributed by atoms with Crippen LogP contribution in [0.1, 0.15) is 32.1 Å². The van der Waals surface area contributed by atoms with Crippen LogP contribution in [0.25, 0.3) is 0 Å². The van der Waals surface area contributed by atoms with Gasteiger partial charge in [0.25, 0.3) is 10.2 Å². The minimum Gasteiger partial charge on any atom is -0.330 e. The summed E-state index contributed by atoms with van der Waals surface area (Å²) >= 11 is 0. The third-order valence-corrected chi connectivity index (χ3v) is 5.39. The maximum Gasteiger partial charge on any atom is 0.279 e. The van der Waals surface area contributed by atoms with Gasteiger partial charge in [-0.3, -0.25) is 0 Å². The highest BCUT2D eigenvalue weighted by Gasteiger charge is 2.28. The third kappa shape index (κ3) is 3.91. The van der Waals surface area contributed by atoms with Crippen molar-refractivity contribution in [2.24, 2.45) is 17.6 Å². The molecule has 0 aromatic carbocycles. The van der Waals surface area contributed by atoms with Crippen LogP contribution in [-0.4, -0.2) is 38.9 Å². The molecular formula is C11H23N3O2S. The van der Waals surface area contributed by atoms with Gasteiger partial charge in [0.2, 0.25) is 0 Å². The van der Waals surface area contributed by atoms with Gasteiger partial charge in [0, 0.05) is 19.6 Å². The first-order valence-electron chi connectivity index (χ1n) is 6.56. The Morgan fingerprint density at radius 1 is 1.12 bits per heavy atom. The van der Waals surface area contributed by atoms with Gasteiger partial charge in [0.15, 0.2) is 0 Å². The number of rotatable bonds is 6. The zero-order valence-electron chi connectivity index (χ0n) is 10.3. The molecule has 0 aromatic heterocycles. The molecule has 2 rings (SSSR count). The summed E-state index contributed by atoms with van der Waals surface area (Å²) in [6.45, 7) is 2.48. The van der Waals surface area contributed by atoms with Crippen LogP contribution in [0.3, 0.4) is 0 Å².